The summed E-state index contributed by atoms with van der Waals surface area (Å²) in [5.74, 6) is -0.523. The minimum Gasteiger partial charge on any atom is -0.497 e. The van der Waals surface area contributed by atoms with Gasteiger partial charge in [0.2, 0.25) is 21.8 Å². The molecule has 0 aliphatic rings. The van der Waals surface area contributed by atoms with Crippen LogP contribution in [0.5, 0.6) is 5.75 Å². The molecule has 0 bridgehead atoms. The van der Waals surface area contributed by atoms with Gasteiger partial charge in [-0.25, -0.2) is 8.42 Å². The lowest BCUT2D eigenvalue weighted by Gasteiger charge is -2.34. The van der Waals surface area contributed by atoms with Crippen molar-refractivity contribution in [3.05, 3.63) is 94.0 Å². The standard InChI is InChI=1S/C29H33Cl2N3O5S/c1-20(2)32-29(36)27(15-21-9-6-5-7-10-21)33(18-22-13-14-23(30)16-26(22)31)28(35)19-34(40(4,37)38)24-11-8-12-25(17-24)39-3/h5-14,16-17,20,27H,15,18-19H2,1-4H3,(H,32,36)/t27-/m0/s1. The number of methoxy groups -OCH3 is 1. The zero-order valence-corrected chi connectivity index (χ0v) is 25.1. The van der Waals surface area contributed by atoms with Crippen LogP contribution in [0.2, 0.25) is 10.0 Å². The van der Waals surface area contributed by atoms with Crippen LogP contribution in [0.3, 0.4) is 0 Å². The summed E-state index contributed by atoms with van der Waals surface area (Å²) in [6, 6.07) is 19.4. The molecule has 11 heteroatoms. The van der Waals surface area contributed by atoms with Crippen LogP contribution in [0.4, 0.5) is 5.69 Å². The average molecular weight is 607 g/mol. The van der Waals surface area contributed by atoms with Crippen molar-refractivity contribution >= 4 is 50.7 Å². The van der Waals surface area contributed by atoms with E-state index in [-0.39, 0.29) is 30.6 Å². The number of carbonyl (C=O) groups excluding carboxylic acids is 2. The lowest BCUT2D eigenvalue weighted by Crippen LogP contribution is -2.54. The summed E-state index contributed by atoms with van der Waals surface area (Å²) in [4.78, 5) is 29.0. The Morgan fingerprint density at radius 1 is 0.975 bits per heavy atom. The smallest absolute Gasteiger partial charge is 0.244 e. The van der Waals surface area contributed by atoms with Crippen molar-refractivity contribution in [1.82, 2.24) is 10.2 Å². The van der Waals surface area contributed by atoms with Crippen LogP contribution >= 0.6 is 23.2 Å². The van der Waals surface area contributed by atoms with Gasteiger partial charge in [-0.15, -0.1) is 0 Å². The molecule has 0 unspecified atom stereocenters. The normalized spacial score (nSPS) is 12.1. The average Bonchev–Trinajstić information content (AvgIpc) is 2.89. The van der Waals surface area contributed by atoms with Crippen molar-refractivity contribution in [3.63, 3.8) is 0 Å². The number of benzene rings is 3. The fourth-order valence-electron chi connectivity index (χ4n) is 4.15. The summed E-state index contributed by atoms with van der Waals surface area (Å²) in [5, 5.41) is 3.65. The summed E-state index contributed by atoms with van der Waals surface area (Å²) in [6.45, 7) is 3.06. The molecule has 2 amide bonds. The predicted octanol–water partition coefficient (Wildman–Crippen LogP) is 4.93. The van der Waals surface area contributed by atoms with E-state index in [9.17, 15) is 18.0 Å². The molecule has 0 aliphatic heterocycles. The number of halogens is 2. The summed E-state index contributed by atoms with van der Waals surface area (Å²) >= 11 is 12.6. The first-order valence-electron chi connectivity index (χ1n) is 12.6. The van der Waals surface area contributed by atoms with Gasteiger partial charge in [0.25, 0.3) is 0 Å². The van der Waals surface area contributed by atoms with Gasteiger partial charge in [-0.1, -0.05) is 65.7 Å². The van der Waals surface area contributed by atoms with Gasteiger partial charge in [0.1, 0.15) is 18.3 Å². The topological polar surface area (TPSA) is 96.0 Å². The highest BCUT2D eigenvalue weighted by atomic mass is 35.5. The number of sulfonamides is 1. The lowest BCUT2D eigenvalue weighted by molar-refractivity contribution is -0.140. The highest BCUT2D eigenvalue weighted by molar-refractivity contribution is 7.92. The van der Waals surface area contributed by atoms with Crippen molar-refractivity contribution in [2.24, 2.45) is 0 Å². The molecule has 3 aromatic carbocycles. The Morgan fingerprint density at radius 3 is 2.27 bits per heavy atom. The molecule has 0 aromatic heterocycles. The molecule has 0 aliphatic carbocycles. The first-order valence-corrected chi connectivity index (χ1v) is 15.2. The molecular formula is C29H33Cl2N3O5S. The van der Waals surface area contributed by atoms with Crippen LogP contribution in [-0.2, 0) is 32.6 Å². The number of ether oxygens (including phenoxy) is 1. The Labute approximate surface area is 245 Å². The van der Waals surface area contributed by atoms with Crippen molar-refractivity contribution in [2.45, 2.75) is 38.9 Å². The molecule has 0 saturated carbocycles. The number of hydrogen-bond acceptors (Lipinski definition) is 5. The molecule has 40 heavy (non-hydrogen) atoms. The SMILES string of the molecule is COc1cccc(N(CC(=O)N(Cc2ccc(Cl)cc2Cl)[C@@H](Cc2ccccc2)C(=O)NC(C)C)S(C)(=O)=O)c1. The maximum atomic E-state index is 14.1. The Kier molecular flexibility index (Phi) is 10.8. The minimum absolute atomic E-state index is 0.0481. The molecular weight excluding hydrogens is 573 g/mol. The van der Waals surface area contributed by atoms with Crippen molar-refractivity contribution in [1.29, 1.82) is 0 Å². The zero-order chi connectivity index (χ0) is 29.4. The van der Waals surface area contributed by atoms with E-state index in [1.54, 1.807) is 36.4 Å². The molecule has 1 N–H and O–H groups in total. The quantitative estimate of drug-likeness (QED) is 0.316. The predicted molar refractivity (Wildman–Crippen MR) is 159 cm³/mol. The largest absolute Gasteiger partial charge is 0.497 e. The van der Waals surface area contributed by atoms with E-state index in [4.69, 9.17) is 27.9 Å². The van der Waals surface area contributed by atoms with E-state index in [2.05, 4.69) is 5.32 Å². The molecule has 0 saturated heterocycles. The first kappa shape index (κ1) is 31.3. The molecule has 214 valence electrons. The Hall–Kier alpha value is -3.27. The first-order chi connectivity index (χ1) is 18.9. The molecule has 0 spiro atoms. The van der Waals surface area contributed by atoms with Crippen LogP contribution in [0.15, 0.2) is 72.8 Å². The second-order valence-electron chi connectivity index (χ2n) is 9.60. The third-order valence-corrected chi connectivity index (χ3v) is 7.81. The third kappa shape index (κ3) is 8.61. The summed E-state index contributed by atoms with van der Waals surface area (Å²) in [6.07, 6.45) is 1.22. The van der Waals surface area contributed by atoms with Gasteiger partial charge in [-0.05, 0) is 49.2 Å². The van der Waals surface area contributed by atoms with E-state index in [1.165, 1.54) is 18.1 Å². The zero-order valence-electron chi connectivity index (χ0n) is 22.8. The van der Waals surface area contributed by atoms with Gasteiger partial charge in [-0.2, -0.15) is 0 Å². The molecule has 3 rings (SSSR count). The number of anilines is 1. The summed E-state index contributed by atoms with van der Waals surface area (Å²) < 4.78 is 32.0. The second-order valence-corrected chi connectivity index (χ2v) is 12.3. The van der Waals surface area contributed by atoms with Crippen molar-refractivity contribution in [3.8, 4) is 5.75 Å². The summed E-state index contributed by atoms with van der Waals surface area (Å²) in [7, 11) is -2.43. The Morgan fingerprint density at radius 2 is 1.68 bits per heavy atom. The van der Waals surface area contributed by atoms with Gasteiger partial charge >= 0.3 is 0 Å². The molecule has 0 radical (unpaired) electrons. The number of nitrogens with zero attached hydrogens (tertiary/aromatic N) is 2. The summed E-state index contributed by atoms with van der Waals surface area (Å²) in [5.41, 5.74) is 1.65. The number of nitrogens with one attached hydrogen (secondary N) is 1. The van der Waals surface area contributed by atoms with Crippen molar-refractivity contribution < 1.29 is 22.7 Å². The highest BCUT2D eigenvalue weighted by Gasteiger charge is 2.33. The number of hydrogen-bond donors (Lipinski definition) is 1. The second kappa shape index (κ2) is 13.9. The Balaban J connectivity index is 2.09. The monoisotopic (exact) mass is 605 g/mol. The van der Waals surface area contributed by atoms with Gasteiger partial charge in [0.05, 0.1) is 19.1 Å². The number of amides is 2. The highest BCUT2D eigenvalue weighted by Crippen LogP contribution is 2.26. The lowest BCUT2D eigenvalue weighted by atomic mass is 10.0. The van der Waals surface area contributed by atoms with Gasteiger partial charge in [0.15, 0.2) is 0 Å². The minimum atomic E-state index is -3.90. The number of carbonyl (C=O) groups is 2. The van der Waals surface area contributed by atoms with Crippen LogP contribution in [0.25, 0.3) is 0 Å². The fraction of sp³-hybridized carbons (Fsp3) is 0.310. The van der Waals surface area contributed by atoms with Gasteiger partial charge in [0, 0.05) is 35.1 Å². The van der Waals surface area contributed by atoms with Crippen LogP contribution in [0.1, 0.15) is 25.0 Å². The van der Waals surface area contributed by atoms with E-state index >= 15 is 0 Å². The van der Waals surface area contributed by atoms with Crippen molar-refractivity contribution in [2.75, 3.05) is 24.2 Å². The molecule has 8 nitrogen and oxygen atoms in total. The van der Waals surface area contributed by atoms with Crippen LogP contribution in [-0.4, -0.2) is 57.1 Å². The van der Waals surface area contributed by atoms with Crippen LogP contribution in [0, 0.1) is 0 Å². The molecule has 0 fully saturated rings. The van der Waals surface area contributed by atoms with E-state index in [0.717, 1.165) is 16.1 Å². The maximum Gasteiger partial charge on any atom is 0.244 e. The molecule has 1 atom stereocenters. The van der Waals surface area contributed by atoms with E-state index in [1.807, 2.05) is 44.2 Å². The maximum absolute atomic E-state index is 14.1. The van der Waals surface area contributed by atoms with Gasteiger partial charge < -0.3 is 15.0 Å². The molecule has 3 aromatic rings. The third-order valence-electron chi connectivity index (χ3n) is 6.08. The Bertz CT molecular complexity index is 1430. The van der Waals surface area contributed by atoms with E-state index < -0.39 is 28.5 Å². The van der Waals surface area contributed by atoms with Crippen LogP contribution < -0.4 is 14.4 Å². The van der Waals surface area contributed by atoms with Gasteiger partial charge in [-0.3, -0.25) is 13.9 Å². The molecule has 0 heterocycles. The number of rotatable bonds is 12. The fourth-order valence-corrected chi connectivity index (χ4v) is 5.46. The van der Waals surface area contributed by atoms with E-state index in [0.29, 0.717) is 21.4 Å².